The lowest BCUT2D eigenvalue weighted by Gasteiger charge is -2.21. The molecule has 0 bridgehead atoms. The summed E-state index contributed by atoms with van der Waals surface area (Å²) in [6.07, 6.45) is 7.14. The number of aromatic nitrogens is 3. The van der Waals surface area contributed by atoms with Crippen molar-refractivity contribution in [1.29, 1.82) is 0 Å². The largest absolute Gasteiger partial charge is 0.389 e. The first kappa shape index (κ1) is 12.5. The van der Waals surface area contributed by atoms with Crippen LogP contribution in [0.4, 0.5) is 5.69 Å². The maximum atomic E-state index is 5.71. The van der Waals surface area contributed by atoms with E-state index in [2.05, 4.69) is 9.97 Å². The Morgan fingerprint density at radius 1 is 1.50 bits per heavy atom. The van der Waals surface area contributed by atoms with E-state index in [0.29, 0.717) is 11.5 Å². The molecule has 0 aliphatic heterocycles. The molecular formula is C12H15N5S. The summed E-state index contributed by atoms with van der Waals surface area (Å²) < 4.78 is 1.98. The van der Waals surface area contributed by atoms with Crippen molar-refractivity contribution >= 4 is 22.9 Å². The van der Waals surface area contributed by atoms with E-state index in [0.717, 1.165) is 17.1 Å². The van der Waals surface area contributed by atoms with E-state index in [1.165, 1.54) is 0 Å². The second kappa shape index (κ2) is 5.14. The van der Waals surface area contributed by atoms with Gasteiger partial charge in [0.25, 0.3) is 0 Å². The van der Waals surface area contributed by atoms with Gasteiger partial charge in [0.15, 0.2) is 0 Å². The van der Waals surface area contributed by atoms with E-state index in [-0.39, 0.29) is 0 Å². The highest BCUT2D eigenvalue weighted by Crippen LogP contribution is 2.19. The second-order valence-electron chi connectivity index (χ2n) is 4.07. The van der Waals surface area contributed by atoms with Crippen LogP contribution in [0.5, 0.6) is 0 Å². The zero-order valence-electron chi connectivity index (χ0n) is 10.4. The van der Waals surface area contributed by atoms with E-state index < -0.39 is 0 Å². The highest BCUT2D eigenvalue weighted by atomic mass is 32.1. The Morgan fingerprint density at radius 3 is 2.89 bits per heavy atom. The number of nitrogens with zero attached hydrogens (tertiary/aromatic N) is 4. The van der Waals surface area contributed by atoms with Crippen molar-refractivity contribution in [2.75, 3.05) is 11.9 Å². The molecule has 0 aromatic carbocycles. The summed E-state index contributed by atoms with van der Waals surface area (Å²) in [4.78, 5) is 10.8. The van der Waals surface area contributed by atoms with Gasteiger partial charge in [-0.15, -0.1) is 0 Å². The summed E-state index contributed by atoms with van der Waals surface area (Å²) in [6, 6.07) is 1.83. The van der Waals surface area contributed by atoms with Gasteiger partial charge in [-0.1, -0.05) is 12.2 Å². The Bertz CT molecular complexity index is 563. The molecule has 0 fully saturated rings. The van der Waals surface area contributed by atoms with Crippen LogP contribution < -0.4 is 10.6 Å². The van der Waals surface area contributed by atoms with Crippen molar-refractivity contribution in [2.45, 2.75) is 6.54 Å². The minimum Gasteiger partial charge on any atom is -0.389 e. The van der Waals surface area contributed by atoms with Crippen molar-refractivity contribution in [1.82, 2.24) is 14.5 Å². The summed E-state index contributed by atoms with van der Waals surface area (Å²) in [6.45, 7) is 0.671. The van der Waals surface area contributed by atoms with Crippen molar-refractivity contribution < 1.29 is 0 Å². The fourth-order valence-electron chi connectivity index (χ4n) is 1.74. The Labute approximate surface area is 111 Å². The predicted molar refractivity (Wildman–Crippen MR) is 75.4 cm³/mol. The van der Waals surface area contributed by atoms with Crippen molar-refractivity contribution in [2.24, 2.45) is 12.8 Å². The quantitative estimate of drug-likeness (QED) is 0.835. The first-order valence-corrected chi connectivity index (χ1v) is 5.91. The third-order valence-corrected chi connectivity index (χ3v) is 3.00. The van der Waals surface area contributed by atoms with Crippen LogP contribution in [0.25, 0.3) is 0 Å². The van der Waals surface area contributed by atoms with Gasteiger partial charge in [0.05, 0.1) is 18.4 Å². The van der Waals surface area contributed by atoms with Crippen LogP contribution in [-0.2, 0) is 13.6 Å². The predicted octanol–water partition coefficient (Wildman–Crippen LogP) is 1.09. The van der Waals surface area contributed by atoms with Gasteiger partial charge in [0.2, 0.25) is 0 Å². The molecule has 0 saturated carbocycles. The third kappa shape index (κ3) is 2.48. The Hall–Kier alpha value is -1.95. The van der Waals surface area contributed by atoms with E-state index in [9.17, 15) is 0 Å². The van der Waals surface area contributed by atoms with Gasteiger partial charge in [-0.3, -0.25) is 4.98 Å². The number of thiocarbonyl (C=S) groups is 1. The van der Waals surface area contributed by atoms with Crippen LogP contribution in [0.3, 0.4) is 0 Å². The van der Waals surface area contributed by atoms with Crippen LogP contribution >= 0.6 is 12.2 Å². The summed E-state index contributed by atoms with van der Waals surface area (Å²) in [7, 11) is 3.93. The number of hydrogen-bond donors (Lipinski definition) is 1. The number of hydrogen-bond acceptors (Lipinski definition) is 4. The first-order valence-electron chi connectivity index (χ1n) is 5.50. The zero-order valence-corrected chi connectivity index (χ0v) is 11.2. The van der Waals surface area contributed by atoms with Crippen LogP contribution in [0.1, 0.15) is 11.4 Å². The number of nitrogens with two attached hydrogens (primary N) is 1. The monoisotopic (exact) mass is 261 g/mol. The molecule has 0 radical (unpaired) electrons. The average Bonchev–Trinajstić information content (AvgIpc) is 2.75. The fraction of sp³-hybridized carbons (Fsp3) is 0.250. The summed E-state index contributed by atoms with van der Waals surface area (Å²) in [5.74, 6) is 0.968. The molecule has 2 heterocycles. The van der Waals surface area contributed by atoms with E-state index in [1.807, 2.05) is 35.8 Å². The lowest BCUT2D eigenvalue weighted by molar-refractivity contribution is 0.760. The summed E-state index contributed by atoms with van der Waals surface area (Å²) in [5.41, 5.74) is 7.45. The molecule has 0 amide bonds. The van der Waals surface area contributed by atoms with E-state index >= 15 is 0 Å². The van der Waals surface area contributed by atoms with Crippen LogP contribution in [0.2, 0.25) is 0 Å². The molecule has 2 aromatic rings. The van der Waals surface area contributed by atoms with E-state index in [4.69, 9.17) is 18.0 Å². The van der Waals surface area contributed by atoms with Gasteiger partial charge in [0.1, 0.15) is 10.8 Å². The van der Waals surface area contributed by atoms with Gasteiger partial charge >= 0.3 is 0 Å². The fourth-order valence-corrected chi connectivity index (χ4v) is 1.92. The molecule has 18 heavy (non-hydrogen) atoms. The van der Waals surface area contributed by atoms with Gasteiger partial charge < -0.3 is 15.2 Å². The van der Waals surface area contributed by atoms with Crippen molar-refractivity contribution in [3.8, 4) is 0 Å². The molecule has 0 unspecified atom stereocenters. The molecule has 2 N–H and O–H groups in total. The molecule has 0 spiro atoms. The average molecular weight is 261 g/mol. The molecule has 0 aliphatic rings. The van der Waals surface area contributed by atoms with Crippen LogP contribution in [0, 0.1) is 0 Å². The molecule has 0 saturated heterocycles. The maximum Gasteiger partial charge on any atom is 0.127 e. The zero-order chi connectivity index (χ0) is 13.1. The number of anilines is 1. The van der Waals surface area contributed by atoms with Crippen molar-refractivity contribution in [3.63, 3.8) is 0 Å². The van der Waals surface area contributed by atoms with Crippen LogP contribution in [0.15, 0.2) is 30.9 Å². The first-order chi connectivity index (χ1) is 8.59. The van der Waals surface area contributed by atoms with Crippen molar-refractivity contribution in [3.05, 3.63) is 42.2 Å². The normalized spacial score (nSPS) is 10.3. The van der Waals surface area contributed by atoms with Gasteiger partial charge in [0, 0.05) is 38.2 Å². The molecule has 5 nitrogen and oxygen atoms in total. The molecule has 2 rings (SSSR count). The summed E-state index contributed by atoms with van der Waals surface area (Å²) in [5, 5.41) is 0. The maximum absolute atomic E-state index is 5.71. The Balaban J connectivity index is 2.26. The minimum absolute atomic E-state index is 0.374. The minimum atomic E-state index is 0.374. The molecule has 6 heteroatoms. The number of aryl methyl sites for hydroxylation is 1. The second-order valence-corrected chi connectivity index (χ2v) is 4.51. The van der Waals surface area contributed by atoms with Gasteiger partial charge in [-0.2, -0.15) is 0 Å². The topological polar surface area (TPSA) is 60.0 Å². The lowest BCUT2D eigenvalue weighted by atomic mass is 10.2. The highest BCUT2D eigenvalue weighted by Gasteiger charge is 2.11. The van der Waals surface area contributed by atoms with Gasteiger partial charge in [-0.25, -0.2) is 4.98 Å². The lowest BCUT2D eigenvalue weighted by Crippen LogP contribution is -2.23. The molecular weight excluding hydrogens is 246 g/mol. The molecule has 0 aliphatic carbocycles. The van der Waals surface area contributed by atoms with E-state index in [1.54, 1.807) is 18.6 Å². The standard InChI is InChI=1S/C12H15N5S/c1-16-6-5-15-11(16)8-17(2)10-7-14-4-3-9(10)12(13)18/h3-7H,8H2,1-2H3,(H2,13,18). The molecule has 94 valence electrons. The Kier molecular flexibility index (Phi) is 3.57. The Morgan fingerprint density at radius 2 is 2.28 bits per heavy atom. The third-order valence-electron chi connectivity index (χ3n) is 2.78. The highest BCUT2D eigenvalue weighted by molar-refractivity contribution is 7.80. The van der Waals surface area contributed by atoms with Crippen LogP contribution in [-0.4, -0.2) is 26.6 Å². The number of imidazole rings is 1. The summed E-state index contributed by atoms with van der Waals surface area (Å²) >= 11 is 5.05. The molecule has 0 atom stereocenters. The smallest absolute Gasteiger partial charge is 0.127 e. The number of pyridine rings is 1. The molecule has 2 aromatic heterocycles. The van der Waals surface area contributed by atoms with Gasteiger partial charge in [-0.05, 0) is 6.07 Å². The number of rotatable bonds is 4. The SMILES string of the molecule is CN(Cc1nccn1C)c1cnccc1C(N)=S.